The summed E-state index contributed by atoms with van der Waals surface area (Å²) in [5.41, 5.74) is 1.25. The summed E-state index contributed by atoms with van der Waals surface area (Å²) in [6.45, 7) is 6.94. The minimum atomic E-state index is 1.17. The minimum absolute atomic E-state index is 1.17. The normalized spacial score (nSPS) is 11.5. The highest BCUT2D eigenvalue weighted by Crippen LogP contribution is 2.17. The van der Waals surface area contributed by atoms with Crippen LogP contribution in [-0.2, 0) is 0 Å². The zero-order valence-electron chi connectivity index (χ0n) is 30.0. The van der Waals surface area contributed by atoms with Gasteiger partial charge in [-0.15, -0.1) is 0 Å². The Morgan fingerprint density at radius 1 is 0.444 bits per heavy atom. The maximum Gasteiger partial charge on any atom is 0.281 e. The first-order chi connectivity index (χ1) is 22.3. The van der Waals surface area contributed by atoms with Gasteiger partial charge in [-0.05, 0) is 43.4 Å². The molecule has 0 saturated carbocycles. The molecule has 0 spiro atoms. The smallest absolute Gasteiger partial charge is 0.261 e. The van der Waals surface area contributed by atoms with E-state index in [-0.39, 0.29) is 0 Å². The van der Waals surface area contributed by atoms with Gasteiger partial charge in [0.25, 0.3) is 5.82 Å². The second-order valence-corrected chi connectivity index (χ2v) is 13.7. The summed E-state index contributed by atoms with van der Waals surface area (Å²) in [6.07, 6.45) is 43.4. The number of pyridine rings is 1. The SMILES string of the molecule is CCCCCCCCCCCCCCCN(CCCCCCCCCCCCCCC)c1cccc[n+]1C=Cc1ccccc1. The largest absolute Gasteiger partial charge is 0.281 e. The molecule has 254 valence electrons. The summed E-state index contributed by atoms with van der Waals surface area (Å²) in [5.74, 6) is 1.34. The van der Waals surface area contributed by atoms with Crippen LogP contribution in [0, 0.1) is 0 Å². The lowest BCUT2D eigenvalue weighted by Gasteiger charge is -2.19. The maximum absolute atomic E-state index is 2.67. The average Bonchev–Trinajstić information content (AvgIpc) is 3.07. The lowest BCUT2D eigenvalue weighted by Crippen LogP contribution is -2.39. The Balaban J connectivity index is 1.72. The molecule has 2 nitrogen and oxygen atoms in total. The molecule has 0 radical (unpaired) electrons. The number of benzene rings is 1. The summed E-state index contributed by atoms with van der Waals surface area (Å²) < 4.78 is 2.33. The van der Waals surface area contributed by atoms with E-state index in [2.05, 4.69) is 90.3 Å². The van der Waals surface area contributed by atoms with E-state index < -0.39 is 0 Å². The van der Waals surface area contributed by atoms with Crippen molar-refractivity contribution in [1.29, 1.82) is 0 Å². The molecule has 0 N–H and O–H groups in total. The Labute approximate surface area is 281 Å². The van der Waals surface area contributed by atoms with Crippen LogP contribution in [0.4, 0.5) is 5.82 Å². The molecule has 45 heavy (non-hydrogen) atoms. The van der Waals surface area contributed by atoms with Gasteiger partial charge < -0.3 is 0 Å². The molecule has 0 saturated heterocycles. The third-order valence-electron chi connectivity index (χ3n) is 9.48. The molecule has 1 aromatic carbocycles. The summed E-state index contributed by atoms with van der Waals surface area (Å²) in [4.78, 5) is 2.67. The number of unbranched alkanes of at least 4 members (excludes halogenated alkanes) is 24. The molecular formula is C43H73N2+. The van der Waals surface area contributed by atoms with Gasteiger partial charge in [0, 0.05) is 6.07 Å². The lowest BCUT2D eigenvalue weighted by atomic mass is 10.0. The van der Waals surface area contributed by atoms with Crippen molar-refractivity contribution in [2.24, 2.45) is 0 Å². The third-order valence-corrected chi connectivity index (χ3v) is 9.48. The molecule has 0 aliphatic heterocycles. The monoisotopic (exact) mass is 618 g/mol. The second-order valence-electron chi connectivity index (χ2n) is 13.7. The van der Waals surface area contributed by atoms with E-state index in [0.29, 0.717) is 0 Å². The summed E-state index contributed by atoms with van der Waals surface area (Å²) in [7, 11) is 0. The van der Waals surface area contributed by atoms with Crippen molar-refractivity contribution in [3.63, 3.8) is 0 Å². The predicted molar refractivity (Wildman–Crippen MR) is 202 cm³/mol. The van der Waals surface area contributed by atoms with Crippen LogP contribution < -0.4 is 9.47 Å². The fourth-order valence-corrected chi connectivity index (χ4v) is 6.55. The van der Waals surface area contributed by atoms with E-state index in [1.807, 2.05) is 0 Å². The van der Waals surface area contributed by atoms with Gasteiger partial charge in [0.15, 0.2) is 0 Å². The number of rotatable bonds is 31. The number of hydrogen-bond donors (Lipinski definition) is 0. The summed E-state index contributed by atoms with van der Waals surface area (Å²) in [6, 6.07) is 17.4. The van der Waals surface area contributed by atoms with Crippen LogP contribution in [0.15, 0.2) is 54.7 Å². The van der Waals surface area contributed by atoms with Gasteiger partial charge in [0.1, 0.15) is 0 Å². The number of nitrogens with zero attached hydrogens (tertiary/aromatic N) is 2. The number of anilines is 1. The van der Waals surface area contributed by atoms with Crippen molar-refractivity contribution in [3.8, 4) is 0 Å². The molecule has 1 aromatic heterocycles. The van der Waals surface area contributed by atoms with Crippen LogP contribution >= 0.6 is 0 Å². The molecule has 0 atom stereocenters. The Bertz CT molecular complexity index is 890. The van der Waals surface area contributed by atoms with Crippen LogP contribution in [0.3, 0.4) is 0 Å². The molecule has 0 aliphatic rings. The zero-order valence-corrected chi connectivity index (χ0v) is 30.0. The Kier molecular flexibility index (Phi) is 25.5. The van der Waals surface area contributed by atoms with Gasteiger partial charge in [0.05, 0.1) is 25.5 Å². The highest BCUT2D eigenvalue weighted by Gasteiger charge is 2.17. The number of aromatic nitrogens is 1. The van der Waals surface area contributed by atoms with Crippen molar-refractivity contribution >= 4 is 18.1 Å². The molecule has 2 rings (SSSR count). The fraction of sp³-hybridized carbons (Fsp3) is 0.698. The molecule has 1 heterocycles. The number of hydrogen-bond acceptors (Lipinski definition) is 1. The van der Waals surface area contributed by atoms with E-state index in [4.69, 9.17) is 0 Å². The molecule has 0 fully saturated rings. The van der Waals surface area contributed by atoms with E-state index >= 15 is 0 Å². The molecule has 0 bridgehead atoms. The highest BCUT2D eigenvalue weighted by atomic mass is 15.2. The van der Waals surface area contributed by atoms with Gasteiger partial charge >= 0.3 is 0 Å². The predicted octanol–water partition coefficient (Wildman–Crippen LogP) is 13.6. The third kappa shape index (κ3) is 21.4. The first-order valence-corrected chi connectivity index (χ1v) is 19.8. The first kappa shape index (κ1) is 39.1. The van der Waals surface area contributed by atoms with Crippen molar-refractivity contribution in [2.45, 2.75) is 181 Å². The quantitative estimate of drug-likeness (QED) is 0.0603. The molecule has 0 unspecified atom stereocenters. The van der Waals surface area contributed by atoms with Gasteiger partial charge in [-0.2, -0.15) is 0 Å². The van der Waals surface area contributed by atoms with Crippen LogP contribution in [0.5, 0.6) is 0 Å². The first-order valence-electron chi connectivity index (χ1n) is 19.8. The topological polar surface area (TPSA) is 7.12 Å². The van der Waals surface area contributed by atoms with Crippen LogP contribution in [-0.4, -0.2) is 13.1 Å². The average molecular weight is 618 g/mol. The second kappa shape index (κ2) is 29.3. The van der Waals surface area contributed by atoms with Crippen LogP contribution in [0.25, 0.3) is 12.3 Å². The minimum Gasteiger partial charge on any atom is -0.261 e. The molecule has 2 heteroatoms. The Morgan fingerprint density at radius 3 is 1.24 bits per heavy atom. The lowest BCUT2D eigenvalue weighted by molar-refractivity contribution is -0.554. The van der Waals surface area contributed by atoms with Crippen molar-refractivity contribution in [2.75, 3.05) is 18.0 Å². The van der Waals surface area contributed by atoms with E-state index in [0.717, 1.165) is 0 Å². The van der Waals surface area contributed by atoms with E-state index in [1.165, 1.54) is 191 Å². The molecule has 0 amide bonds. The Hall–Kier alpha value is -2.09. The van der Waals surface area contributed by atoms with Gasteiger partial charge in [0.2, 0.25) is 0 Å². The molecular weight excluding hydrogens is 544 g/mol. The van der Waals surface area contributed by atoms with E-state index in [9.17, 15) is 0 Å². The van der Waals surface area contributed by atoms with Crippen molar-refractivity contribution in [1.82, 2.24) is 0 Å². The Morgan fingerprint density at radius 2 is 0.822 bits per heavy atom. The van der Waals surface area contributed by atoms with Crippen molar-refractivity contribution < 1.29 is 4.57 Å². The van der Waals surface area contributed by atoms with Gasteiger partial charge in [-0.25, -0.2) is 4.57 Å². The van der Waals surface area contributed by atoms with E-state index in [1.54, 1.807) is 0 Å². The highest BCUT2D eigenvalue weighted by molar-refractivity contribution is 5.57. The van der Waals surface area contributed by atoms with Gasteiger partial charge in [-0.1, -0.05) is 192 Å². The standard InChI is InChI=1S/C43H73N2/c1-3-5-7-9-11-13-15-17-19-21-23-25-31-38-44(39-32-26-24-22-20-18-16-14-12-10-8-6-4-2)43-36-30-33-40-45(43)41-37-42-34-28-27-29-35-42/h27-30,33-37,40-41H,3-26,31-32,38-39H2,1-2H3/q+1. The van der Waals surface area contributed by atoms with Crippen LogP contribution in [0.2, 0.25) is 0 Å². The fourth-order valence-electron chi connectivity index (χ4n) is 6.55. The zero-order chi connectivity index (χ0) is 31.9. The summed E-state index contributed by atoms with van der Waals surface area (Å²) in [5, 5.41) is 0. The summed E-state index contributed by atoms with van der Waals surface area (Å²) >= 11 is 0. The molecule has 2 aromatic rings. The molecule has 0 aliphatic carbocycles. The van der Waals surface area contributed by atoms with Crippen molar-refractivity contribution in [3.05, 3.63) is 60.3 Å². The van der Waals surface area contributed by atoms with Crippen LogP contribution in [0.1, 0.15) is 186 Å². The maximum atomic E-state index is 2.67. The van der Waals surface area contributed by atoms with Gasteiger partial charge in [-0.3, -0.25) is 4.90 Å².